The summed E-state index contributed by atoms with van der Waals surface area (Å²) in [6.07, 6.45) is 2.97. The maximum Gasteiger partial charge on any atom is 0.253 e. The molecule has 0 aromatic heterocycles. The van der Waals surface area contributed by atoms with Crippen molar-refractivity contribution in [2.75, 3.05) is 5.32 Å². The SMILES string of the molecule is CC(=O)CCCCCC[C@@H]1[C@@H](CCC(O)C(=O)Nc2ccc(F)c(F)c2)[C@H](O)C[C@@H]1O. The smallest absolute Gasteiger partial charge is 0.253 e. The van der Waals surface area contributed by atoms with Crippen LogP contribution < -0.4 is 5.32 Å². The number of rotatable bonds is 12. The number of hydrogen-bond acceptors (Lipinski definition) is 5. The lowest BCUT2D eigenvalue weighted by atomic mass is 9.84. The fourth-order valence-corrected chi connectivity index (χ4v) is 4.37. The second-order valence-electron chi connectivity index (χ2n) is 8.56. The maximum absolute atomic E-state index is 13.3. The Balaban J connectivity index is 1.79. The van der Waals surface area contributed by atoms with Crippen molar-refractivity contribution in [2.45, 2.75) is 83.0 Å². The van der Waals surface area contributed by atoms with Crippen LogP contribution in [0.15, 0.2) is 18.2 Å². The van der Waals surface area contributed by atoms with Crippen molar-refractivity contribution in [3.8, 4) is 0 Å². The van der Waals surface area contributed by atoms with Crippen LogP contribution in [-0.4, -0.2) is 45.3 Å². The number of hydrogen-bond donors (Lipinski definition) is 4. The van der Waals surface area contributed by atoms with E-state index in [1.165, 1.54) is 6.07 Å². The van der Waals surface area contributed by atoms with E-state index in [9.17, 15) is 33.7 Å². The highest BCUT2D eigenvalue weighted by molar-refractivity contribution is 5.93. The topological polar surface area (TPSA) is 107 Å². The summed E-state index contributed by atoms with van der Waals surface area (Å²) in [5, 5.41) is 33.1. The Labute approximate surface area is 181 Å². The lowest BCUT2D eigenvalue weighted by Crippen LogP contribution is -2.30. The van der Waals surface area contributed by atoms with E-state index >= 15 is 0 Å². The van der Waals surface area contributed by atoms with E-state index in [1.807, 2.05) is 0 Å². The molecule has 4 N–H and O–H groups in total. The van der Waals surface area contributed by atoms with Gasteiger partial charge in [0.1, 0.15) is 11.9 Å². The van der Waals surface area contributed by atoms with Crippen LogP contribution in [0.1, 0.15) is 64.7 Å². The Morgan fingerprint density at radius 3 is 2.32 bits per heavy atom. The Morgan fingerprint density at radius 1 is 1.03 bits per heavy atom. The van der Waals surface area contributed by atoms with Gasteiger partial charge in [0.15, 0.2) is 11.6 Å². The van der Waals surface area contributed by atoms with E-state index in [4.69, 9.17) is 0 Å². The summed E-state index contributed by atoms with van der Waals surface area (Å²) >= 11 is 0. The zero-order valence-electron chi connectivity index (χ0n) is 17.9. The molecule has 1 saturated carbocycles. The summed E-state index contributed by atoms with van der Waals surface area (Å²) in [5.41, 5.74) is 0.0434. The van der Waals surface area contributed by atoms with Crippen LogP contribution in [0, 0.1) is 23.5 Å². The molecule has 1 aromatic rings. The molecular weight excluding hydrogens is 408 g/mol. The van der Waals surface area contributed by atoms with Gasteiger partial charge in [0, 0.05) is 18.2 Å². The third-order valence-corrected chi connectivity index (χ3v) is 6.10. The van der Waals surface area contributed by atoms with Crippen molar-refractivity contribution in [1.82, 2.24) is 0 Å². The third kappa shape index (κ3) is 7.94. The van der Waals surface area contributed by atoms with E-state index in [0.29, 0.717) is 12.8 Å². The van der Waals surface area contributed by atoms with E-state index < -0.39 is 35.9 Å². The molecule has 1 aliphatic carbocycles. The monoisotopic (exact) mass is 441 g/mol. The summed E-state index contributed by atoms with van der Waals surface area (Å²) in [7, 11) is 0. The zero-order chi connectivity index (χ0) is 23.0. The van der Waals surface area contributed by atoms with Crippen LogP contribution in [0.3, 0.4) is 0 Å². The number of anilines is 1. The van der Waals surface area contributed by atoms with E-state index in [1.54, 1.807) is 6.92 Å². The molecule has 0 saturated heterocycles. The average Bonchev–Trinajstić information content (AvgIpc) is 2.97. The first kappa shape index (κ1) is 25.4. The van der Waals surface area contributed by atoms with Crippen molar-refractivity contribution < 1.29 is 33.7 Å². The van der Waals surface area contributed by atoms with Gasteiger partial charge in [0.05, 0.1) is 12.2 Å². The quantitative estimate of drug-likeness (QED) is 0.372. The van der Waals surface area contributed by atoms with Crippen LogP contribution in [0.5, 0.6) is 0 Å². The molecule has 1 aromatic carbocycles. The van der Waals surface area contributed by atoms with Gasteiger partial charge >= 0.3 is 0 Å². The van der Waals surface area contributed by atoms with Crippen LogP contribution >= 0.6 is 0 Å². The van der Waals surface area contributed by atoms with Gasteiger partial charge < -0.3 is 25.4 Å². The van der Waals surface area contributed by atoms with E-state index in [-0.39, 0.29) is 36.1 Å². The number of halogens is 2. The predicted molar refractivity (Wildman–Crippen MR) is 112 cm³/mol. The number of amides is 1. The number of Topliss-reactive ketones (excluding diaryl/α,β-unsaturated/α-hetero) is 1. The number of carbonyl (C=O) groups is 2. The Morgan fingerprint density at radius 2 is 1.68 bits per heavy atom. The van der Waals surface area contributed by atoms with Gasteiger partial charge in [-0.1, -0.05) is 19.3 Å². The van der Waals surface area contributed by atoms with Gasteiger partial charge in [-0.15, -0.1) is 0 Å². The Bertz CT molecular complexity index is 745. The third-order valence-electron chi connectivity index (χ3n) is 6.10. The first-order chi connectivity index (χ1) is 14.7. The molecule has 0 aliphatic heterocycles. The molecule has 1 aliphatic rings. The maximum atomic E-state index is 13.3. The lowest BCUT2D eigenvalue weighted by Gasteiger charge is -2.24. The van der Waals surface area contributed by atoms with Gasteiger partial charge in [0.2, 0.25) is 0 Å². The molecular formula is C23H33F2NO5. The van der Waals surface area contributed by atoms with Crippen molar-refractivity contribution in [3.63, 3.8) is 0 Å². The summed E-state index contributed by atoms with van der Waals surface area (Å²) in [6, 6.07) is 2.92. The van der Waals surface area contributed by atoms with Gasteiger partial charge in [-0.2, -0.15) is 0 Å². The highest BCUT2D eigenvalue weighted by Gasteiger charge is 2.41. The largest absolute Gasteiger partial charge is 0.393 e. The molecule has 1 amide bonds. The fourth-order valence-electron chi connectivity index (χ4n) is 4.37. The molecule has 1 fully saturated rings. The molecule has 0 radical (unpaired) electrons. The fraction of sp³-hybridized carbons (Fsp3) is 0.652. The molecule has 8 heteroatoms. The second-order valence-corrected chi connectivity index (χ2v) is 8.56. The first-order valence-electron chi connectivity index (χ1n) is 11.0. The number of nitrogens with one attached hydrogen (secondary N) is 1. The second kappa shape index (κ2) is 12.2. The number of ketones is 1. The predicted octanol–water partition coefficient (Wildman–Crippen LogP) is 3.33. The van der Waals surface area contributed by atoms with Gasteiger partial charge in [0.25, 0.3) is 5.91 Å². The summed E-state index contributed by atoms with van der Waals surface area (Å²) in [4.78, 5) is 23.1. The molecule has 31 heavy (non-hydrogen) atoms. The molecule has 0 spiro atoms. The lowest BCUT2D eigenvalue weighted by molar-refractivity contribution is -0.124. The van der Waals surface area contributed by atoms with Crippen LogP contribution in [0.2, 0.25) is 0 Å². The number of aliphatic hydroxyl groups excluding tert-OH is 3. The highest BCUT2D eigenvalue weighted by atomic mass is 19.2. The van der Waals surface area contributed by atoms with Crippen molar-refractivity contribution in [1.29, 1.82) is 0 Å². The number of aliphatic hydroxyl groups is 3. The van der Waals surface area contributed by atoms with Gasteiger partial charge in [-0.3, -0.25) is 4.79 Å². The molecule has 0 heterocycles. The van der Waals surface area contributed by atoms with Crippen molar-refractivity contribution >= 4 is 17.4 Å². The molecule has 6 nitrogen and oxygen atoms in total. The van der Waals surface area contributed by atoms with Gasteiger partial charge in [-0.25, -0.2) is 8.78 Å². The molecule has 174 valence electrons. The minimum atomic E-state index is -1.37. The number of unbranched alkanes of at least 4 members (excludes halogenated alkanes) is 3. The molecule has 5 atom stereocenters. The molecule has 0 bridgehead atoms. The number of benzene rings is 1. The summed E-state index contributed by atoms with van der Waals surface area (Å²) in [6.45, 7) is 1.58. The van der Waals surface area contributed by atoms with Gasteiger partial charge in [-0.05, 0) is 63.0 Å². The molecule has 2 rings (SSSR count). The summed E-state index contributed by atoms with van der Waals surface area (Å²) < 4.78 is 26.2. The normalized spacial score (nSPS) is 24.2. The minimum absolute atomic E-state index is 0.0434. The minimum Gasteiger partial charge on any atom is -0.393 e. The number of carbonyl (C=O) groups excluding carboxylic acids is 2. The Hall–Kier alpha value is -1.90. The molecule has 1 unspecified atom stereocenters. The van der Waals surface area contributed by atoms with Crippen LogP contribution in [-0.2, 0) is 9.59 Å². The highest BCUT2D eigenvalue weighted by Crippen LogP contribution is 2.39. The van der Waals surface area contributed by atoms with Crippen molar-refractivity contribution in [2.24, 2.45) is 11.8 Å². The Kier molecular flexibility index (Phi) is 9.99. The van der Waals surface area contributed by atoms with E-state index in [0.717, 1.165) is 44.2 Å². The standard InChI is InChI=1S/C23H33F2NO5/c1-14(27)6-4-2-3-5-7-16-17(22(30)13-21(16)29)9-11-20(28)23(31)26-15-8-10-18(24)19(25)12-15/h8,10,12,16-17,20-22,28-30H,2-7,9,11,13H2,1H3,(H,26,31)/t16-,17-,20?,21+,22-/m1/s1. The van der Waals surface area contributed by atoms with Crippen LogP contribution in [0.25, 0.3) is 0 Å². The van der Waals surface area contributed by atoms with Crippen molar-refractivity contribution in [3.05, 3.63) is 29.8 Å². The van der Waals surface area contributed by atoms with E-state index in [2.05, 4.69) is 5.32 Å². The van der Waals surface area contributed by atoms with Crippen LogP contribution in [0.4, 0.5) is 14.5 Å². The zero-order valence-corrected chi connectivity index (χ0v) is 17.9. The summed E-state index contributed by atoms with van der Waals surface area (Å²) in [5.74, 6) is -3.01. The average molecular weight is 442 g/mol. The first-order valence-corrected chi connectivity index (χ1v) is 11.0.